The summed E-state index contributed by atoms with van der Waals surface area (Å²) in [5, 5.41) is 9.08. The van der Waals surface area contributed by atoms with E-state index in [0.29, 0.717) is 12.4 Å². The van der Waals surface area contributed by atoms with E-state index < -0.39 is 12.5 Å². The van der Waals surface area contributed by atoms with Crippen LogP contribution in [0.1, 0.15) is 18.6 Å². The smallest absolute Gasteiger partial charge is 0.268 e. The first-order valence-corrected chi connectivity index (χ1v) is 4.34. The molecule has 0 bridgehead atoms. The predicted octanol–water partition coefficient (Wildman–Crippen LogP) is 2.38. The average molecular weight is 202 g/mol. The van der Waals surface area contributed by atoms with Gasteiger partial charge in [-0.05, 0) is 24.6 Å². The highest BCUT2D eigenvalue weighted by atomic mass is 19.3. The van der Waals surface area contributed by atoms with Crippen LogP contribution in [0.15, 0.2) is 24.3 Å². The van der Waals surface area contributed by atoms with Crippen molar-refractivity contribution in [1.82, 2.24) is 0 Å². The van der Waals surface area contributed by atoms with E-state index >= 15 is 0 Å². The van der Waals surface area contributed by atoms with Gasteiger partial charge in [0.2, 0.25) is 0 Å². The molecule has 0 amide bonds. The first kappa shape index (κ1) is 10.9. The molecular formula is C10H12F2O2. The Morgan fingerprint density at radius 1 is 1.43 bits per heavy atom. The number of ether oxygens (including phenoxy) is 1. The predicted molar refractivity (Wildman–Crippen MR) is 48.6 cm³/mol. The summed E-state index contributed by atoms with van der Waals surface area (Å²) < 4.78 is 29.4. The molecule has 1 aromatic carbocycles. The first-order valence-electron chi connectivity index (χ1n) is 4.34. The summed E-state index contributed by atoms with van der Waals surface area (Å²) in [7, 11) is 0. The Balaban J connectivity index is 2.82. The highest BCUT2D eigenvalue weighted by Crippen LogP contribution is 2.23. The molecular weight excluding hydrogens is 190 g/mol. The van der Waals surface area contributed by atoms with Crippen molar-refractivity contribution in [3.63, 3.8) is 0 Å². The van der Waals surface area contributed by atoms with Crippen LogP contribution >= 0.6 is 0 Å². The van der Waals surface area contributed by atoms with Crippen LogP contribution in [-0.2, 0) is 0 Å². The van der Waals surface area contributed by atoms with E-state index in [4.69, 9.17) is 9.84 Å². The second-order valence-electron chi connectivity index (χ2n) is 2.78. The van der Waals surface area contributed by atoms with Crippen LogP contribution in [-0.4, -0.2) is 18.1 Å². The van der Waals surface area contributed by atoms with Crippen molar-refractivity contribution in [3.8, 4) is 5.75 Å². The zero-order valence-electron chi connectivity index (χ0n) is 7.78. The van der Waals surface area contributed by atoms with E-state index in [0.717, 1.165) is 0 Å². The van der Waals surface area contributed by atoms with Crippen LogP contribution in [0.2, 0.25) is 0 Å². The summed E-state index contributed by atoms with van der Waals surface area (Å²) in [5.41, 5.74) is 0.172. The van der Waals surface area contributed by atoms with Gasteiger partial charge in [-0.25, -0.2) is 8.78 Å². The van der Waals surface area contributed by atoms with Gasteiger partial charge in [0.25, 0.3) is 6.43 Å². The van der Waals surface area contributed by atoms with E-state index in [1.54, 1.807) is 19.1 Å². The molecule has 0 spiro atoms. The van der Waals surface area contributed by atoms with Crippen molar-refractivity contribution in [3.05, 3.63) is 29.8 Å². The Bertz CT molecular complexity index is 289. The monoisotopic (exact) mass is 202 g/mol. The van der Waals surface area contributed by atoms with Crippen molar-refractivity contribution in [2.45, 2.75) is 19.5 Å². The maximum absolute atomic E-state index is 12.1. The number of aliphatic hydroxyl groups excluding tert-OH is 1. The third kappa shape index (κ3) is 2.67. The summed E-state index contributed by atoms with van der Waals surface area (Å²) >= 11 is 0. The fourth-order valence-corrected chi connectivity index (χ4v) is 1.10. The van der Waals surface area contributed by atoms with Crippen molar-refractivity contribution in [1.29, 1.82) is 0 Å². The molecule has 78 valence electrons. The Hall–Kier alpha value is -1.16. The molecule has 0 aliphatic heterocycles. The van der Waals surface area contributed by atoms with E-state index in [2.05, 4.69) is 0 Å². The third-order valence-electron chi connectivity index (χ3n) is 1.75. The number of rotatable bonds is 4. The molecule has 4 heteroatoms. The minimum absolute atomic E-state index is 0.172. The number of halogens is 2. The quantitative estimate of drug-likeness (QED) is 0.812. The molecule has 0 saturated carbocycles. The van der Waals surface area contributed by atoms with Gasteiger partial charge in [0.1, 0.15) is 11.9 Å². The molecule has 14 heavy (non-hydrogen) atoms. The SMILES string of the molecule is CCOc1cccc(C(O)C(F)F)c1. The lowest BCUT2D eigenvalue weighted by atomic mass is 10.1. The zero-order valence-corrected chi connectivity index (χ0v) is 7.78. The molecule has 1 aromatic rings. The second kappa shape index (κ2) is 4.91. The number of alkyl halides is 2. The van der Waals surface area contributed by atoms with E-state index in [1.165, 1.54) is 12.1 Å². The lowest BCUT2D eigenvalue weighted by molar-refractivity contribution is -0.00588. The lowest BCUT2D eigenvalue weighted by Gasteiger charge is -2.11. The fraction of sp³-hybridized carbons (Fsp3) is 0.400. The molecule has 1 atom stereocenters. The summed E-state index contributed by atoms with van der Waals surface area (Å²) in [6.07, 6.45) is -4.51. The molecule has 0 heterocycles. The Kier molecular flexibility index (Phi) is 3.83. The van der Waals surface area contributed by atoms with Gasteiger partial charge in [-0.1, -0.05) is 12.1 Å². The number of aliphatic hydroxyl groups is 1. The standard InChI is InChI=1S/C10H12F2O2/c1-2-14-8-5-3-4-7(6-8)9(13)10(11)12/h3-6,9-10,13H,2H2,1H3. The summed E-state index contributed by atoms with van der Waals surface area (Å²) in [4.78, 5) is 0. The van der Waals surface area contributed by atoms with Gasteiger partial charge in [-0.15, -0.1) is 0 Å². The highest BCUT2D eigenvalue weighted by Gasteiger charge is 2.19. The van der Waals surface area contributed by atoms with Crippen LogP contribution in [0.25, 0.3) is 0 Å². The Labute approximate surface area is 81.1 Å². The molecule has 0 aliphatic rings. The Morgan fingerprint density at radius 2 is 2.14 bits per heavy atom. The van der Waals surface area contributed by atoms with Crippen LogP contribution in [0.4, 0.5) is 8.78 Å². The second-order valence-corrected chi connectivity index (χ2v) is 2.78. The average Bonchev–Trinajstić information content (AvgIpc) is 2.17. The van der Waals surface area contributed by atoms with Crippen molar-refractivity contribution < 1.29 is 18.6 Å². The fourth-order valence-electron chi connectivity index (χ4n) is 1.10. The van der Waals surface area contributed by atoms with Crippen LogP contribution < -0.4 is 4.74 Å². The highest BCUT2D eigenvalue weighted by molar-refractivity contribution is 5.30. The van der Waals surface area contributed by atoms with Crippen LogP contribution in [0.3, 0.4) is 0 Å². The summed E-state index contributed by atoms with van der Waals surface area (Å²) in [6.45, 7) is 2.27. The van der Waals surface area contributed by atoms with Crippen molar-refractivity contribution in [2.75, 3.05) is 6.61 Å². The zero-order chi connectivity index (χ0) is 10.6. The topological polar surface area (TPSA) is 29.5 Å². The normalized spacial score (nSPS) is 12.9. The maximum Gasteiger partial charge on any atom is 0.268 e. The maximum atomic E-state index is 12.1. The van der Waals surface area contributed by atoms with E-state index in [9.17, 15) is 8.78 Å². The van der Waals surface area contributed by atoms with Crippen molar-refractivity contribution >= 4 is 0 Å². The molecule has 1 unspecified atom stereocenters. The van der Waals surface area contributed by atoms with Gasteiger partial charge in [0.05, 0.1) is 6.61 Å². The van der Waals surface area contributed by atoms with Gasteiger partial charge >= 0.3 is 0 Å². The van der Waals surface area contributed by atoms with E-state index in [1.807, 2.05) is 0 Å². The molecule has 0 radical (unpaired) electrons. The van der Waals surface area contributed by atoms with Crippen LogP contribution in [0.5, 0.6) is 5.75 Å². The van der Waals surface area contributed by atoms with Gasteiger partial charge in [0.15, 0.2) is 0 Å². The molecule has 2 nitrogen and oxygen atoms in total. The minimum atomic E-state index is -2.77. The largest absolute Gasteiger partial charge is 0.494 e. The van der Waals surface area contributed by atoms with Gasteiger partial charge < -0.3 is 9.84 Å². The number of benzene rings is 1. The van der Waals surface area contributed by atoms with E-state index in [-0.39, 0.29) is 5.56 Å². The third-order valence-corrected chi connectivity index (χ3v) is 1.75. The number of hydrogen-bond donors (Lipinski definition) is 1. The van der Waals surface area contributed by atoms with Gasteiger partial charge in [-0.3, -0.25) is 0 Å². The molecule has 0 aliphatic carbocycles. The molecule has 1 rings (SSSR count). The molecule has 0 saturated heterocycles. The van der Waals surface area contributed by atoms with Gasteiger partial charge in [-0.2, -0.15) is 0 Å². The van der Waals surface area contributed by atoms with Crippen molar-refractivity contribution in [2.24, 2.45) is 0 Å². The Morgan fingerprint density at radius 3 is 2.71 bits per heavy atom. The first-order chi connectivity index (χ1) is 6.65. The molecule has 0 aromatic heterocycles. The lowest BCUT2D eigenvalue weighted by Crippen LogP contribution is -2.08. The summed E-state index contributed by atoms with van der Waals surface area (Å²) in [5.74, 6) is 0.490. The minimum Gasteiger partial charge on any atom is -0.494 e. The summed E-state index contributed by atoms with van der Waals surface area (Å²) in [6, 6.07) is 6.09. The molecule has 1 N–H and O–H groups in total. The van der Waals surface area contributed by atoms with Gasteiger partial charge in [0, 0.05) is 0 Å². The number of hydrogen-bond acceptors (Lipinski definition) is 2. The molecule has 0 fully saturated rings. The van der Waals surface area contributed by atoms with Crippen LogP contribution in [0, 0.1) is 0 Å².